The highest BCUT2D eigenvalue weighted by atomic mass is 16.3. The van der Waals surface area contributed by atoms with Crippen LogP contribution < -0.4 is 5.73 Å². The number of nitrogen functional groups attached to an aromatic ring is 1. The van der Waals surface area contributed by atoms with Crippen molar-refractivity contribution in [2.45, 2.75) is 13.5 Å². The summed E-state index contributed by atoms with van der Waals surface area (Å²) < 4.78 is 1.73. The van der Waals surface area contributed by atoms with Gasteiger partial charge in [-0.3, -0.25) is 4.68 Å². The monoisotopic (exact) mass is 217 g/mol. The maximum absolute atomic E-state index is 8.95. The molecule has 2 aromatic rings. The Labute approximate surface area is 94.3 Å². The molecule has 0 aliphatic carbocycles. The van der Waals surface area contributed by atoms with Gasteiger partial charge in [0.1, 0.15) is 0 Å². The quantitative estimate of drug-likeness (QED) is 0.817. The van der Waals surface area contributed by atoms with Gasteiger partial charge in [-0.15, -0.1) is 0 Å². The molecule has 1 aromatic heterocycles. The molecule has 16 heavy (non-hydrogen) atoms. The highest BCUT2D eigenvalue weighted by Crippen LogP contribution is 2.26. The highest BCUT2D eigenvalue weighted by Gasteiger charge is 2.10. The lowest BCUT2D eigenvalue weighted by Crippen LogP contribution is -2.06. The molecule has 4 heteroatoms. The van der Waals surface area contributed by atoms with Crippen LogP contribution in [0, 0.1) is 6.92 Å². The largest absolute Gasteiger partial charge is 0.396 e. The molecular formula is C12H15N3O. The van der Waals surface area contributed by atoms with E-state index >= 15 is 0 Å². The average molecular weight is 217 g/mol. The smallest absolute Gasteiger partial charge is 0.0913 e. The second-order valence-corrected chi connectivity index (χ2v) is 3.76. The summed E-state index contributed by atoms with van der Waals surface area (Å²) in [5.74, 6) is 0. The predicted octanol–water partition coefficient (Wildman–Crippen LogP) is 1.43. The van der Waals surface area contributed by atoms with Crippen molar-refractivity contribution in [2.24, 2.45) is 0 Å². The molecule has 0 atom stereocenters. The van der Waals surface area contributed by atoms with Crippen LogP contribution in [0.3, 0.4) is 0 Å². The van der Waals surface area contributed by atoms with Crippen LogP contribution in [0.1, 0.15) is 5.56 Å². The van der Waals surface area contributed by atoms with E-state index in [0.29, 0.717) is 12.2 Å². The first-order chi connectivity index (χ1) is 7.72. The van der Waals surface area contributed by atoms with Crippen molar-refractivity contribution in [3.63, 3.8) is 0 Å². The molecule has 0 saturated carbocycles. The van der Waals surface area contributed by atoms with Crippen LogP contribution in [-0.2, 0) is 6.54 Å². The third-order valence-electron chi connectivity index (χ3n) is 2.47. The molecule has 4 nitrogen and oxygen atoms in total. The number of anilines is 1. The number of benzene rings is 1. The molecular weight excluding hydrogens is 202 g/mol. The van der Waals surface area contributed by atoms with E-state index in [1.165, 1.54) is 5.56 Å². The summed E-state index contributed by atoms with van der Waals surface area (Å²) in [6, 6.07) is 8.07. The van der Waals surface area contributed by atoms with E-state index in [-0.39, 0.29) is 6.61 Å². The predicted molar refractivity (Wildman–Crippen MR) is 63.9 cm³/mol. The first kappa shape index (κ1) is 10.7. The molecule has 0 saturated heterocycles. The van der Waals surface area contributed by atoms with E-state index in [2.05, 4.69) is 11.2 Å². The van der Waals surface area contributed by atoms with Crippen LogP contribution in [0.25, 0.3) is 11.3 Å². The van der Waals surface area contributed by atoms with Crippen LogP contribution in [0.2, 0.25) is 0 Å². The number of hydrogen-bond acceptors (Lipinski definition) is 3. The standard InChI is InChI=1S/C12H15N3O/c1-9-3-2-4-10(7-9)12-11(13)8-14-15(12)5-6-16/h2-4,7-8,16H,5-6,13H2,1H3. The van der Waals surface area contributed by atoms with Crippen LogP contribution in [0.4, 0.5) is 5.69 Å². The van der Waals surface area contributed by atoms with Gasteiger partial charge in [-0.2, -0.15) is 5.10 Å². The molecule has 0 amide bonds. The van der Waals surface area contributed by atoms with Crippen molar-refractivity contribution >= 4 is 5.69 Å². The Bertz CT molecular complexity index is 491. The molecule has 1 heterocycles. The van der Waals surface area contributed by atoms with E-state index in [9.17, 15) is 0 Å². The zero-order valence-corrected chi connectivity index (χ0v) is 9.22. The summed E-state index contributed by atoms with van der Waals surface area (Å²) in [6.07, 6.45) is 1.62. The second-order valence-electron chi connectivity index (χ2n) is 3.76. The number of hydrogen-bond donors (Lipinski definition) is 2. The zero-order valence-electron chi connectivity index (χ0n) is 9.22. The lowest BCUT2D eigenvalue weighted by atomic mass is 10.1. The molecule has 0 fully saturated rings. The second kappa shape index (κ2) is 4.37. The molecule has 3 N–H and O–H groups in total. The Hall–Kier alpha value is -1.81. The molecule has 0 aliphatic heterocycles. The Morgan fingerprint density at radius 1 is 1.44 bits per heavy atom. The van der Waals surface area contributed by atoms with E-state index in [4.69, 9.17) is 10.8 Å². The Morgan fingerprint density at radius 2 is 2.25 bits per heavy atom. The van der Waals surface area contributed by atoms with Crippen molar-refractivity contribution in [2.75, 3.05) is 12.3 Å². The minimum atomic E-state index is 0.0555. The molecule has 0 aliphatic rings. The summed E-state index contributed by atoms with van der Waals surface area (Å²) in [5.41, 5.74) is 9.61. The summed E-state index contributed by atoms with van der Waals surface area (Å²) in [7, 11) is 0. The lowest BCUT2D eigenvalue weighted by molar-refractivity contribution is 0.270. The van der Waals surface area contributed by atoms with Gasteiger partial charge in [0, 0.05) is 5.56 Å². The number of aromatic nitrogens is 2. The fourth-order valence-electron chi connectivity index (χ4n) is 1.77. The third kappa shape index (κ3) is 1.92. The van der Waals surface area contributed by atoms with Crippen molar-refractivity contribution in [1.29, 1.82) is 0 Å². The number of aliphatic hydroxyl groups excluding tert-OH is 1. The SMILES string of the molecule is Cc1cccc(-c2c(N)cnn2CCO)c1. The fourth-order valence-corrected chi connectivity index (χ4v) is 1.77. The minimum absolute atomic E-state index is 0.0555. The highest BCUT2D eigenvalue weighted by molar-refractivity contribution is 5.72. The van der Waals surface area contributed by atoms with Crippen LogP contribution in [0.15, 0.2) is 30.5 Å². The fraction of sp³-hybridized carbons (Fsp3) is 0.250. The number of nitrogens with two attached hydrogens (primary N) is 1. The van der Waals surface area contributed by atoms with Crippen molar-refractivity contribution in [3.05, 3.63) is 36.0 Å². The van der Waals surface area contributed by atoms with Crippen LogP contribution >= 0.6 is 0 Å². The van der Waals surface area contributed by atoms with E-state index in [1.807, 2.05) is 25.1 Å². The Kier molecular flexibility index (Phi) is 2.92. The third-order valence-corrected chi connectivity index (χ3v) is 2.47. The molecule has 2 rings (SSSR count). The van der Waals surface area contributed by atoms with Gasteiger partial charge in [-0.05, 0) is 13.0 Å². The van der Waals surface area contributed by atoms with Gasteiger partial charge in [0.2, 0.25) is 0 Å². The first-order valence-corrected chi connectivity index (χ1v) is 5.21. The minimum Gasteiger partial charge on any atom is -0.396 e. The summed E-state index contributed by atoms with van der Waals surface area (Å²) in [5, 5.41) is 13.1. The number of aryl methyl sites for hydroxylation is 1. The molecule has 0 unspecified atom stereocenters. The molecule has 0 bridgehead atoms. The van der Waals surface area contributed by atoms with Crippen LogP contribution in [-0.4, -0.2) is 21.5 Å². The Morgan fingerprint density at radius 3 is 2.94 bits per heavy atom. The summed E-state index contributed by atoms with van der Waals surface area (Å²) in [4.78, 5) is 0. The lowest BCUT2D eigenvalue weighted by Gasteiger charge is -2.07. The number of aliphatic hydroxyl groups is 1. The van der Waals surface area contributed by atoms with Gasteiger partial charge >= 0.3 is 0 Å². The topological polar surface area (TPSA) is 64.1 Å². The molecule has 1 aromatic carbocycles. The van der Waals surface area contributed by atoms with Crippen molar-refractivity contribution < 1.29 is 5.11 Å². The van der Waals surface area contributed by atoms with Gasteiger partial charge in [0.25, 0.3) is 0 Å². The normalized spacial score (nSPS) is 10.6. The molecule has 84 valence electrons. The zero-order chi connectivity index (χ0) is 11.5. The van der Waals surface area contributed by atoms with E-state index in [1.54, 1.807) is 10.9 Å². The van der Waals surface area contributed by atoms with Gasteiger partial charge in [0.15, 0.2) is 0 Å². The maximum atomic E-state index is 8.95. The summed E-state index contributed by atoms with van der Waals surface area (Å²) >= 11 is 0. The van der Waals surface area contributed by atoms with Crippen LogP contribution in [0.5, 0.6) is 0 Å². The summed E-state index contributed by atoms with van der Waals surface area (Å²) in [6.45, 7) is 2.55. The molecule has 0 radical (unpaired) electrons. The van der Waals surface area contributed by atoms with Gasteiger partial charge in [0.05, 0.1) is 30.7 Å². The number of rotatable bonds is 3. The van der Waals surface area contributed by atoms with Crippen molar-refractivity contribution in [3.8, 4) is 11.3 Å². The first-order valence-electron chi connectivity index (χ1n) is 5.21. The van der Waals surface area contributed by atoms with Gasteiger partial charge in [-0.1, -0.05) is 23.8 Å². The molecule has 0 spiro atoms. The van der Waals surface area contributed by atoms with E-state index < -0.39 is 0 Å². The van der Waals surface area contributed by atoms with Crippen molar-refractivity contribution in [1.82, 2.24) is 9.78 Å². The Balaban J connectivity index is 2.50. The van der Waals surface area contributed by atoms with Gasteiger partial charge < -0.3 is 10.8 Å². The number of nitrogens with zero attached hydrogens (tertiary/aromatic N) is 2. The maximum Gasteiger partial charge on any atom is 0.0913 e. The van der Waals surface area contributed by atoms with Gasteiger partial charge in [-0.25, -0.2) is 0 Å². The van der Waals surface area contributed by atoms with E-state index in [0.717, 1.165) is 11.3 Å². The average Bonchev–Trinajstić information content (AvgIpc) is 2.60.